The highest BCUT2D eigenvalue weighted by Crippen LogP contribution is 2.36. The minimum Gasteiger partial charge on any atom is -0.443 e. The van der Waals surface area contributed by atoms with Crippen molar-refractivity contribution >= 4 is 21.9 Å². The molecule has 1 saturated heterocycles. The fraction of sp³-hybridized carbons (Fsp3) is 0.520. The molecule has 0 unspecified atom stereocenters. The van der Waals surface area contributed by atoms with Crippen molar-refractivity contribution in [3.05, 3.63) is 53.7 Å². The Morgan fingerprint density at radius 1 is 1.12 bits per heavy atom. The third kappa shape index (κ3) is 5.92. The van der Waals surface area contributed by atoms with E-state index in [1.54, 1.807) is 28.7 Å². The number of rotatable bonds is 5. The van der Waals surface area contributed by atoms with Crippen LogP contribution in [-0.4, -0.2) is 42.0 Å². The molecule has 1 aliphatic rings. The molecule has 2 heterocycles. The number of aryl methyl sites for hydroxylation is 1. The third-order valence-electron chi connectivity index (χ3n) is 5.59. The number of amides is 1. The summed E-state index contributed by atoms with van der Waals surface area (Å²) in [5, 5.41) is 0. The van der Waals surface area contributed by atoms with Gasteiger partial charge in [-0.3, -0.25) is 4.90 Å². The summed E-state index contributed by atoms with van der Waals surface area (Å²) in [5.41, 5.74) is 1.22. The van der Waals surface area contributed by atoms with Gasteiger partial charge in [0.2, 0.25) is 10.0 Å². The van der Waals surface area contributed by atoms with Gasteiger partial charge < -0.3 is 4.74 Å². The van der Waals surface area contributed by atoms with Crippen LogP contribution in [0.2, 0.25) is 0 Å². The zero-order chi connectivity index (χ0) is 24.4. The number of carbonyl (C=O) groups is 1. The molecule has 1 aromatic heterocycles. The minimum absolute atomic E-state index is 0.147. The SMILES string of the molecule is Cc1ccc(S(=O)(=O)N2CCCC[C@H]2c2ccc(N(C(=O)OC(C)(C)C)C(C)C)nc2)cc1. The average molecular weight is 474 g/mol. The lowest BCUT2D eigenvalue weighted by molar-refractivity contribution is 0.0569. The van der Waals surface area contributed by atoms with Crippen LogP contribution < -0.4 is 4.90 Å². The van der Waals surface area contributed by atoms with Gasteiger partial charge in [0.1, 0.15) is 11.4 Å². The number of benzene rings is 1. The van der Waals surface area contributed by atoms with E-state index in [0.29, 0.717) is 17.3 Å². The molecule has 1 atom stereocenters. The van der Waals surface area contributed by atoms with E-state index in [1.165, 1.54) is 4.90 Å². The summed E-state index contributed by atoms with van der Waals surface area (Å²) < 4.78 is 33.9. The van der Waals surface area contributed by atoms with Crippen molar-refractivity contribution in [2.75, 3.05) is 11.4 Å². The van der Waals surface area contributed by atoms with E-state index < -0.39 is 21.7 Å². The molecular formula is C25H35N3O4S. The maximum absolute atomic E-state index is 13.4. The van der Waals surface area contributed by atoms with Crippen molar-refractivity contribution in [1.82, 2.24) is 9.29 Å². The molecule has 8 heteroatoms. The summed E-state index contributed by atoms with van der Waals surface area (Å²) in [5.74, 6) is 0.478. The first-order chi connectivity index (χ1) is 15.4. The molecule has 1 amide bonds. The van der Waals surface area contributed by atoms with Crippen LogP contribution in [-0.2, 0) is 14.8 Å². The summed E-state index contributed by atoms with van der Waals surface area (Å²) in [6.07, 6.45) is 3.73. The largest absolute Gasteiger partial charge is 0.443 e. The number of nitrogens with zero attached hydrogens (tertiary/aromatic N) is 3. The standard InChI is InChI=1S/C25H35N3O4S/c1-18(2)28(24(29)32-25(4,5)6)23-15-12-20(17-26-23)22-9-7-8-16-27(22)33(30,31)21-13-10-19(3)11-14-21/h10-15,17-18,22H,7-9,16H2,1-6H3/t22-/m0/s1. The van der Waals surface area contributed by atoms with Gasteiger partial charge in [0, 0.05) is 18.8 Å². The van der Waals surface area contributed by atoms with Gasteiger partial charge in [0.25, 0.3) is 0 Å². The van der Waals surface area contributed by atoms with E-state index in [4.69, 9.17) is 4.74 Å². The lowest BCUT2D eigenvalue weighted by atomic mass is 9.99. The topological polar surface area (TPSA) is 79.8 Å². The van der Waals surface area contributed by atoms with Crippen LogP contribution >= 0.6 is 0 Å². The lowest BCUT2D eigenvalue weighted by Gasteiger charge is -2.35. The van der Waals surface area contributed by atoms with Crippen molar-refractivity contribution in [2.24, 2.45) is 0 Å². The molecule has 2 aromatic rings. The monoisotopic (exact) mass is 473 g/mol. The molecule has 0 N–H and O–H groups in total. The zero-order valence-corrected chi connectivity index (χ0v) is 21.2. The first kappa shape index (κ1) is 25.2. The fourth-order valence-corrected chi connectivity index (χ4v) is 5.67. The van der Waals surface area contributed by atoms with E-state index in [2.05, 4.69) is 4.98 Å². The first-order valence-electron chi connectivity index (χ1n) is 11.5. The predicted molar refractivity (Wildman–Crippen MR) is 130 cm³/mol. The van der Waals surface area contributed by atoms with E-state index >= 15 is 0 Å². The number of carbonyl (C=O) groups excluding carboxylic acids is 1. The molecule has 180 valence electrons. The van der Waals surface area contributed by atoms with Crippen molar-refractivity contribution in [3.8, 4) is 0 Å². The molecule has 0 saturated carbocycles. The zero-order valence-electron chi connectivity index (χ0n) is 20.4. The number of sulfonamides is 1. The highest BCUT2D eigenvalue weighted by molar-refractivity contribution is 7.89. The van der Waals surface area contributed by atoms with Gasteiger partial charge in [-0.25, -0.2) is 18.2 Å². The summed E-state index contributed by atoms with van der Waals surface area (Å²) >= 11 is 0. The van der Waals surface area contributed by atoms with Crippen molar-refractivity contribution < 1.29 is 17.9 Å². The molecular weight excluding hydrogens is 438 g/mol. The molecule has 7 nitrogen and oxygen atoms in total. The van der Waals surface area contributed by atoms with Crippen LogP contribution in [0.5, 0.6) is 0 Å². The second-order valence-electron chi connectivity index (χ2n) is 9.83. The molecule has 33 heavy (non-hydrogen) atoms. The maximum atomic E-state index is 13.4. The summed E-state index contributed by atoms with van der Waals surface area (Å²) in [6.45, 7) is 11.7. The van der Waals surface area contributed by atoms with Crippen LogP contribution in [0, 0.1) is 6.92 Å². The van der Waals surface area contributed by atoms with Crippen molar-refractivity contribution in [3.63, 3.8) is 0 Å². The van der Waals surface area contributed by atoms with Gasteiger partial charge in [-0.05, 0) is 78.1 Å². The van der Waals surface area contributed by atoms with Crippen LogP contribution in [0.3, 0.4) is 0 Å². The molecule has 0 spiro atoms. The molecule has 1 aromatic carbocycles. The van der Waals surface area contributed by atoms with Gasteiger partial charge >= 0.3 is 6.09 Å². The lowest BCUT2D eigenvalue weighted by Crippen LogP contribution is -2.41. The van der Waals surface area contributed by atoms with Crippen molar-refractivity contribution in [1.29, 1.82) is 0 Å². The molecule has 0 bridgehead atoms. The van der Waals surface area contributed by atoms with Gasteiger partial charge in [0.05, 0.1) is 10.9 Å². The number of hydrogen-bond acceptors (Lipinski definition) is 5. The minimum atomic E-state index is -3.63. The average Bonchev–Trinajstić information content (AvgIpc) is 2.73. The molecule has 1 aliphatic heterocycles. The maximum Gasteiger partial charge on any atom is 0.416 e. The van der Waals surface area contributed by atoms with Crippen LogP contribution in [0.4, 0.5) is 10.6 Å². The van der Waals surface area contributed by atoms with Crippen LogP contribution in [0.25, 0.3) is 0 Å². The van der Waals surface area contributed by atoms with E-state index in [9.17, 15) is 13.2 Å². The Bertz CT molecular complexity index is 1060. The normalized spacial score (nSPS) is 17.7. The van der Waals surface area contributed by atoms with Gasteiger partial charge in [-0.1, -0.05) is 30.2 Å². The van der Waals surface area contributed by atoms with Gasteiger partial charge in [-0.2, -0.15) is 4.31 Å². The second kappa shape index (κ2) is 9.81. The Balaban J connectivity index is 1.88. The molecule has 0 aliphatic carbocycles. The Labute approximate surface area is 197 Å². The van der Waals surface area contributed by atoms with Crippen LogP contribution in [0.15, 0.2) is 47.5 Å². The Morgan fingerprint density at radius 2 is 1.79 bits per heavy atom. The summed E-state index contributed by atoms with van der Waals surface area (Å²) in [6, 6.07) is 10.2. The first-order valence-corrected chi connectivity index (χ1v) is 12.9. The second-order valence-corrected chi connectivity index (χ2v) is 11.7. The summed E-state index contributed by atoms with van der Waals surface area (Å²) in [7, 11) is -3.63. The van der Waals surface area contributed by atoms with Crippen LogP contribution in [0.1, 0.15) is 71.0 Å². The molecule has 1 fully saturated rings. The Hall–Kier alpha value is -2.45. The molecule has 0 radical (unpaired) electrons. The van der Waals surface area contributed by atoms with Crippen molar-refractivity contribution in [2.45, 2.75) is 83.4 Å². The van der Waals surface area contributed by atoms with Gasteiger partial charge in [-0.15, -0.1) is 0 Å². The third-order valence-corrected chi connectivity index (χ3v) is 7.51. The van der Waals surface area contributed by atoms with Gasteiger partial charge in [0.15, 0.2) is 0 Å². The number of aromatic nitrogens is 1. The number of pyridine rings is 1. The number of piperidine rings is 1. The fourth-order valence-electron chi connectivity index (χ4n) is 3.99. The highest BCUT2D eigenvalue weighted by Gasteiger charge is 2.35. The quantitative estimate of drug-likeness (QED) is 0.576. The van der Waals surface area contributed by atoms with E-state index in [1.807, 2.05) is 59.7 Å². The number of ether oxygens (including phenoxy) is 1. The summed E-state index contributed by atoms with van der Waals surface area (Å²) in [4.78, 5) is 19.1. The molecule has 3 rings (SSSR count). The smallest absolute Gasteiger partial charge is 0.416 e. The highest BCUT2D eigenvalue weighted by atomic mass is 32.2. The Morgan fingerprint density at radius 3 is 2.33 bits per heavy atom. The van der Waals surface area contributed by atoms with E-state index in [-0.39, 0.29) is 12.1 Å². The number of anilines is 1. The predicted octanol–water partition coefficient (Wildman–Crippen LogP) is 5.46. The number of hydrogen-bond donors (Lipinski definition) is 0. The Kier molecular flexibility index (Phi) is 7.49. The van der Waals surface area contributed by atoms with E-state index in [0.717, 1.165) is 30.4 Å².